The molecular weight excluding hydrogens is 252 g/mol. The van der Waals surface area contributed by atoms with E-state index >= 15 is 0 Å². The Balaban J connectivity index is 2.15. The van der Waals surface area contributed by atoms with Crippen LogP contribution < -0.4 is 10.6 Å². The van der Waals surface area contributed by atoms with Gasteiger partial charge in [-0.1, -0.05) is 25.4 Å². The van der Waals surface area contributed by atoms with Crippen molar-refractivity contribution in [3.63, 3.8) is 0 Å². The van der Waals surface area contributed by atoms with Crippen LogP contribution in [-0.2, 0) is 4.79 Å². The number of hydrogen-bond acceptors (Lipinski definition) is 4. The minimum Gasteiger partial charge on any atom is -0.358 e. The van der Waals surface area contributed by atoms with Crippen LogP contribution in [0.4, 0.5) is 5.82 Å². The van der Waals surface area contributed by atoms with Gasteiger partial charge < -0.3 is 10.6 Å². The molecule has 18 heavy (non-hydrogen) atoms. The summed E-state index contributed by atoms with van der Waals surface area (Å²) in [5, 5.41) is 6.34. The molecule has 98 valence electrons. The van der Waals surface area contributed by atoms with Crippen molar-refractivity contribution >= 4 is 23.3 Å². The Morgan fingerprint density at radius 2 is 2.28 bits per heavy atom. The van der Waals surface area contributed by atoms with Gasteiger partial charge in [0, 0.05) is 18.5 Å². The molecule has 0 aliphatic carbocycles. The second kappa shape index (κ2) is 5.52. The summed E-state index contributed by atoms with van der Waals surface area (Å²) in [5.74, 6) is 1.51. The number of hydrogen-bond donors (Lipinski definition) is 2. The highest BCUT2D eigenvalue weighted by Crippen LogP contribution is 2.18. The van der Waals surface area contributed by atoms with Crippen LogP contribution >= 0.6 is 11.6 Å². The summed E-state index contributed by atoms with van der Waals surface area (Å²) in [6.07, 6.45) is 1.78. The van der Waals surface area contributed by atoms with Gasteiger partial charge in [-0.05, 0) is 12.8 Å². The third kappa shape index (κ3) is 3.10. The molecule has 0 bridgehead atoms. The van der Waals surface area contributed by atoms with Gasteiger partial charge in [-0.25, -0.2) is 9.97 Å². The zero-order chi connectivity index (χ0) is 13.1. The van der Waals surface area contributed by atoms with Crippen molar-refractivity contribution in [1.82, 2.24) is 15.3 Å². The molecule has 1 atom stereocenters. The van der Waals surface area contributed by atoms with Gasteiger partial charge in [-0.3, -0.25) is 4.79 Å². The van der Waals surface area contributed by atoms with Crippen LogP contribution in [-0.4, -0.2) is 28.5 Å². The van der Waals surface area contributed by atoms with Crippen molar-refractivity contribution in [1.29, 1.82) is 0 Å². The first-order valence-electron chi connectivity index (χ1n) is 6.15. The number of piperidine rings is 1. The molecule has 1 aliphatic rings. The summed E-state index contributed by atoms with van der Waals surface area (Å²) >= 11 is 5.96. The van der Waals surface area contributed by atoms with E-state index < -0.39 is 0 Å². The SMILES string of the molecule is CC(C)c1nc(Cl)cc(NC2CCCNC2=O)n1. The lowest BCUT2D eigenvalue weighted by atomic mass is 10.1. The standard InChI is InChI=1S/C12H17ClN4O/c1-7(2)11-16-9(13)6-10(17-11)15-8-4-3-5-14-12(8)18/h6-8H,3-5H2,1-2H3,(H,14,18)(H,15,16,17). The van der Waals surface area contributed by atoms with E-state index in [2.05, 4.69) is 20.6 Å². The van der Waals surface area contributed by atoms with Gasteiger partial charge in [-0.15, -0.1) is 0 Å². The number of rotatable bonds is 3. The number of halogens is 1. The fourth-order valence-electron chi connectivity index (χ4n) is 1.86. The molecule has 0 saturated carbocycles. The molecule has 6 heteroatoms. The Kier molecular flexibility index (Phi) is 4.01. The monoisotopic (exact) mass is 268 g/mol. The third-order valence-corrected chi connectivity index (χ3v) is 3.03. The van der Waals surface area contributed by atoms with Gasteiger partial charge in [-0.2, -0.15) is 0 Å². The van der Waals surface area contributed by atoms with E-state index in [9.17, 15) is 4.79 Å². The lowest BCUT2D eigenvalue weighted by Gasteiger charge is -2.23. The molecule has 0 aromatic carbocycles. The lowest BCUT2D eigenvalue weighted by molar-refractivity contribution is -0.123. The van der Waals surface area contributed by atoms with Crippen molar-refractivity contribution in [3.8, 4) is 0 Å². The van der Waals surface area contributed by atoms with E-state index in [4.69, 9.17) is 11.6 Å². The minimum atomic E-state index is -0.232. The van der Waals surface area contributed by atoms with Crippen LogP contribution in [0, 0.1) is 0 Å². The number of anilines is 1. The van der Waals surface area contributed by atoms with E-state index in [1.807, 2.05) is 13.8 Å². The molecule has 0 spiro atoms. The van der Waals surface area contributed by atoms with Crippen LogP contribution in [0.2, 0.25) is 5.15 Å². The van der Waals surface area contributed by atoms with E-state index in [1.165, 1.54) is 0 Å². The predicted molar refractivity (Wildman–Crippen MR) is 70.8 cm³/mol. The summed E-state index contributed by atoms with van der Waals surface area (Å²) in [4.78, 5) is 20.2. The van der Waals surface area contributed by atoms with Crippen molar-refractivity contribution in [2.24, 2.45) is 0 Å². The molecule has 1 unspecified atom stereocenters. The molecule has 1 fully saturated rings. The Labute approximate surface area is 111 Å². The fraction of sp³-hybridized carbons (Fsp3) is 0.583. The average Bonchev–Trinajstić information content (AvgIpc) is 2.31. The zero-order valence-corrected chi connectivity index (χ0v) is 11.3. The molecule has 5 nitrogen and oxygen atoms in total. The first-order chi connectivity index (χ1) is 8.56. The maximum atomic E-state index is 11.7. The Bertz CT molecular complexity index is 450. The van der Waals surface area contributed by atoms with Crippen molar-refractivity contribution < 1.29 is 4.79 Å². The van der Waals surface area contributed by atoms with Crippen molar-refractivity contribution in [2.75, 3.05) is 11.9 Å². The average molecular weight is 269 g/mol. The van der Waals surface area contributed by atoms with Crippen LogP contribution in [0.3, 0.4) is 0 Å². The molecular formula is C12H17ClN4O. The summed E-state index contributed by atoms with van der Waals surface area (Å²) in [6.45, 7) is 4.75. The van der Waals surface area contributed by atoms with Gasteiger partial charge in [0.2, 0.25) is 5.91 Å². The molecule has 1 amide bonds. The number of nitrogens with one attached hydrogen (secondary N) is 2. The van der Waals surface area contributed by atoms with Crippen molar-refractivity contribution in [2.45, 2.75) is 38.6 Å². The van der Waals surface area contributed by atoms with Crippen LogP contribution in [0.15, 0.2) is 6.07 Å². The fourth-order valence-corrected chi connectivity index (χ4v) is 2.05. The highest BCUT2D eigenvalue weighted by atomic mass is 35.5. The number of amides is 1. The molecule has 1 saturated heterocycles. The molecule has 2 heterocycles. The topological polar surface area (TPSA) is 66.9 Å². The largest absolute Gasteiger partial charge is 0.358 e. The van der Waals surface area contributed by atoms with E-state index in [0.717, 1.165) is 19.4 Å². The molecule has 2 N–H and O–H groups in total. The van der Waals surface area contributed by atoms with Gasteiger partial charge in [0.1, 0.15) is 22.8 Å². The Morgan fingerprint density at radius 1 is 1.50 bits per heavy atom. The quantitative estimate of drug-likeness (QED) is 0.823. The highest BCUT2D eigenvalue weighted by Gasteiger charge is 2.22. The minimum absolute atomic E-state index is 0.0158. The smallest absolute Gasteiger partial charge is 0.242 e. The third-order valence-electron chi connectivity index (χ3n) is 2.84. The lowest BCUT2D eigenvalue weighted by Crippen LogP contribution is -2.44. The van der Waals surface area contributed by atoms with Crippen LogP contribution in [0.25, 0.3) is 0 Å². The first kappa shape index (κ1) is 13.1. The number of aromatic nitrogens is 2. The first-order valence-corrected chi connectivity index (χ1v) is 6.53. The highest BCUT2D eigenvalue weighted by molar-refractivity contribution is 6.29. The maximum absolute atomic E-state index is 11.7. The van der Waals surface area contributed by atoms with Gasteiger partial charge in [0.25, 0.3) is 0 Å². The zero-order valence-electron chi connectivity index (χ0n) is 10.5. The molecule has 2 rings (SSSR count). The number of carbonyl (C=O) groups excluding carboxylic acids is 1. The van der Waals surface area contributed by atoms with E-state index in [-0.39, 0.29) is 17.9 Å². The summed E-state index contributed by atoms with van der Waals surface area (Å²) in [6, 6.07) is 1.42. The summed E-state index contributed by atoms with van der Waals surface area (Å²) in [5.41, 5.74) is 0. The Morgan fingerprint density at radius 3 is 2.94 bits per heavy atom. The normalized spacial score (nSPS) is 19.8. The van der Waals surface area contributed by atoms with Crippen LogP contribution in [0.1, 0.15) is 38.4 Å². The molecule has 1 aliphatic heterocycles. The molecule has 1 aromatic rings. The summed E-state index contributed by atoms with van der Waals surface area (Å²) < 4.78 is 0. The maximum Gasteiger partial charge on any atom is 0.242 e. The predicted octanol–water partition coefficient (Wildman–Crippen LogP) is 1.94. The number of nitrogens with zero attached hydrogens (tertiary/aromatic N) is 2. The van der Waals surface area contributed by atoms with Crippen LogP contribution in [0.5, 0.6) is 0 Å². The van der Waals surface area contributed by atoms with E-state index in [1.54, 1.807) is 6.07 Å². The van der Waals surface area contributed by atoms with E-state index in [0.29, 0.717) is 16.8 Å². The molecule has 0 radical (unpaired) electrons. The van der Waals surface area contributed by atoms with Gasteiger partial charge >= 0.3 is 0 Å². The van der Waals surface area contributed by atoms with Gasteiger partial charge in [0.15, 0.2) is 0 Å². The van der Waals surface area contributed by atoms with Gasteiger partial charge in [0.05, 0.1) is 0 Å². The number of carbonyl (C=O) groups is 1. The second-order valence-electron chi connectivity index (χ2n) is 4.72. The second-order valence-corrected chi connectivity index (χ2v) is 5.11. The van der Waals surface area contributed by atoms with Crippen molar-refractivity contribution in [3.05, 3.63) is 17.0 Å². The molecule has 1 aromatic heterocycles. The summed E-state index contributed by atoms with van der Waals surface area (Å²) in [7, 11) is 0. The Hall–Kier alpha value is -1.36.